The molecule has 5 aromatic carbocycles. The van der Waals surface area contributed by atoms with Gasteiger partial charge in [-0.15, -0.1) is 11.8 Å². The Bertz CT molecular complexity index is 2070. The van der Waals surface area contributed by atoms with Gasteiger partial charge in [-0.25, -0.2) is 21.6 Å². The zero-order valence-electron chi connectivity index (χ0n) is 26.2. The maximum absolute atomic E-state index is 13.5. The van der Waals surface area contributed by atoms with E-state index in [0.29, 0.717) is 30.8 Å². The molecule has 0 aliphatic rings. The Morgan fingerprint density at radius 3 is 1.65 bits per heavy atom. The van der Waals surface area contributed by atoms with E-state index in [9.17, 15) is 21.6 Å². The van der Waals surface area contributed by atoms with E-state index in [1.165, 1.54) is 24.3 Å². The highest BCUT2D eigenvalue weighted by Crippen LogP contribution is 2.26. The van der Waals surface area contributed by atoms with E-state index >= 15 is 0 Å². The molecule has 0 saturated carbocycles. The summed E-state index contributed by atoms with van der Waals surface area (Å²) in [7, 11) is -8.27. The van der Waals surface area contributed by atoms with Gasteiger partial charge in [-0.2, -0.15) is 0 Å². The Balaban J connectivity index is 1.30. The molecule has 0 saturated heterocycles. The van der Waals surface area contributed by atoms with Crippen molar-refractivity contribution in [3.63, 3.8) is 0 Å². The maximum atomic E-state index is 13.5. The maximum Gasteiger partial charge on any atom is 0.264 e. The summed E-state index contributed by atoms with van der Waals surface area (Å²) >= 11 is 1.70. The smallest absolute Gasteiger partial charge is 0.264 e. The van der Waals surface area contributed by atoms with Gasteiger partial charge in [0, 0.05) is 39.7 Å². The molecule has 0 bridgehead atoms. The number of nitrogens with one attached hydrogen (secondary N) is 1. The van der Waals surface area contributed by atoms with Crippen molar-refractivity contribution in [1.29, 1.82) is 0 Å². The average Bonchev–Trinajstić information content (AvgIpc) is 3.10. The lowest BCUT2D eigenvalue weighted by Crippen LogP contribution is -2.35. The molecule has 5 aromatic rings. The quantitative estimate of drug-likeness (QED) is 0.0526. The molecule has 49 heavy (non-hydrogen) atoms. The van der Waals surface area contributed by atoms with Crippen molar-refractivity contribution < 1.29 is 21.6 Å². The number of azide groups is 1. The third-order valence-corrected chi connectivity index (χ3v) is 11.1. The van der Waals surface area contributed by atoms with Crippen molar-refractivity contribution in [3.05, 3.63) is 172 Å². The number of sulfonamides is 2. The van der Waals surface area contributed by atoms with Gasteiger partial charge in [0.25, 0.3) is 20.0 Å². The third kappa shape index (κ3) is 9.82. The molecule has 0 aliphatic carbocycles. The molecular formula is C36H33N5O5S3. The number of hydrogen-bond donors (Lipinski definition) is 1. The molecule has 0 radical (unpaired) electrons. The zero-order valence-corrected chi connectivity index (χ0v) is 28.7. The largest absolute Gasteiger partial charge is 0.294 e. The van der Waals surface area contributed by atoms with Gasteiger partial charge in [-0.3, -0.25) is 9.69 Å². The van der Waals surface area contributed by atoms with Crippen LogP contribution in [-0.2, 0) is 37.9 Å². The summed E-state index contributed by atoms with van der Waals surface area (Å²) in [5, 5.41) is 0. The topological polar surface area (TPSA) is 149 Å². The first-order chi connectivity index (χ1) is 23.6. The molecular weight excluding hydrogens is 679 g/mol. The van der Waals surface area contributed by atoms with E-state index in [1.54, 1.807) is 84.6 Å². The third-order valence-electron chi connectivity index (χ3n) is 7.59. The molecule has 1 amide bonds. The SMILES string of the molecule is [N-]=[N+]=NS(=O)(=O)c1ccc(CN(CCSc2ccccc2)Cc2ccc(S(=O)(=O)NC(=O)C(c3ccccc3)c3ccccc3)cc2)cc1. The van der Waals surface area contributed by atoms with Crippen LogP contribution >= 0.6 is 11.8 Å². The van der Waals surface area contributed by atoms with Gasteiger partial charge in [0.05, 0.1) is 15.7 Å². The van der Waals surface area contributed by atoms with Crippen LogP contribution < -0.4 is 4.72 Å². The molecule has 0 aromatic heterocycles. The number of hydrogen-bond acceptors (Lipinski definition) is 7. The Morgan fingerprint density at radius 2 is 1.16 bits per heavy atom. The van der Waals surface area contributed by atoms with Crippen molar-refractivity contribution in [2.45, 2.75) is 33.7 Å². The zero-order chi connectivity index (χ0) is 34.7. The van der Waals surface area contributed by atoms with Crippen LogP contribution in [0, 0.1) is 0 Å². The molecule has 0 heterocycles. The molecule has 0 atom stereocenters. The van der Waals surface area contributed by atoms with Crippen LogP contribution in [-0.4, -0.2) is 39.9 Å². The lowest BCUT2D eigenvalue weighted by Gasteiger charge is -2.23. The van der Waals surface area contributed by atoms with Crippen molar-refractivity contribution in [2.75, 3.05) is 12.3 Å². The molecule has 1 N–H and O–H groups in total. The van der Waals surface area contributed by atoms with Crippen LogP contribution in [0.2, 0.25) is 0 Å². The van der Waals surface area contributed by atoms with Gasteiger partial charge in [0.2, 0.25) is 5.91 Å². The van der Waals surface area contributed by atoms with Crippen LogP contribution in [0.4, 0.5) is 0 Å². The summed E-state index contributed by atoms with van der Waals surface area (Å²) < 4.78 is 56.2. The Morgan fingerprint density at radius 1 is 0.694 bits per heavy atom. The second-order valence-electron chi connectivity index (χ2n) is 11.0. The standard InChI is InChI=1S/C36H33N5O5S3/c37-39-40-49(45,46)34-22-18-29(19-23-34)27-41(24-25-47-32-14-8-3-9-15-32)26-28-16-20-33(21-17-28)48(43,44)38-36(42)35(30-10-4-1-5-11-30)31-12-6-2-7-13-31/h1-23,35H,24-27H2,(H,38,42). The number of thioether (sulfide) groups is 1. The fraction of sp³-hybridized carbons (Fsp3) is 0.139. The predicted octanol–water partition coefficient (Wildman–Crippen LogP) is 7.12. The van der Waals surface area contributed by atoms with Crippen molar-refractivity contribution in [2.24, 2.45) is 4.52 Å². The molecule has 0 aliphatic heterocycles. The van der Waals surface area contributed by atoms with Crippen LogP contribution in [0.25, 0.3) is 10.4 Å². The summed E-state index contributed by atoms with van der Waals surface area (Å²) in [4.78, 5) is 19.0. The first-order valence-corrected chi connectivity index (χ1v) is 19.1. The predicted molar refractivity (Wildman–Crippen MR) is 191 cm³/mol. The van der Waals surface area contributed by atoms with Crippen LogP contribution in [0.15, 0.2) is 159 Å². The highest BCUT2D eigenvalue weighted by molar-refractivity contribution is 7.99. The fourth-order valence-corrected chi connectivity index (χ4v) is 7.81. The van der Waals surface area contributed by atoms with Gasteiger partial charge in [-0.1, -0.05) is 103 Å². The number of carbonyl (C=O) groups is 1. The lowest BCUT2D eigenvalue weighted by atomic mass is 9.91. The number of nitrogens with zero attached hydrogens (tertiary/aromatic N) is 4. The molecule has 13 heteroatoms. The first-order valence-electron chi connectivity index (χ1n) is 15.2. The Hall–Kier alpha value is -4.91. The monoisotopic (exact) mass is 711 g/mol. The van der Waals surface area contributed by atoms with E-state index < -0.39 is 31.9 Å². The molecule has 0 spiro atoms. The van der Waals surface area contributed by atoms with E-state index in [0.717, 1.165) is 21.8 Å². The second kappa shape index (κ2) is 16.5. The van der Waals surface area contributed by atoms with Gasteiger partial charge >= 0.3 is 0 Å². The van der Waals surface area contributed by atoms with E-state index in [4.69, 9.17) is 5.53 Å². The highest BCUT2D eigenvalue weighted by Gasteiger charge is 2.27. The minimum atomic E-state index is -4.18. The fourth-order valence-electron chi connectivity index (χ4n) is 5.21. The molecule has 250 valence electrons. The number of carbonyl (C=O) groups excluding carboxylic acids is 1. The Labute approximate surface area is 290 Å². The first kappa shape index (κ1) is 35.4. The van der Waals surface area contributed by atoms with Gasteiger partial charge < -0.3 is 0 Å². The van der Waals surface area contributed by atoms with Gasteiger partial charge in [0.1, 0.15) is 0 Å². The highest BCUT2D eigenvalue weighted by atomic mass is 32.2. The van der Waals surface area contributed by atoms with E-state index in [1.807, 2.05) is 42.5 Å². The molecule has 0 fully saturated rings. The lowest BCUT2D eigenvalue weighted by molar-refractivity contribution is -0.119. The Kier molecular flexibility index (Phi) is 11.9. The minimum Gasteiger partial charge on any atom is -0.294 e. The van der Waals surface area contributed by atoms with Crippen molar-refractivity contribution in [1.82, 2.24) is 9.62 Å². The number of benzene rings is 5. The summed E-state index contributed by atoms with van der Waals surface area (Å²) in [6.45, 7) is 1.63. The molecule has 5 rings (SSSR count). The molecule has 0 unspecified atom stereocenters. The normalized spacial score (nSPS) is 11.6. The second-order valence-corrected chi connectivity index (χ2v) is 15.5. The summed E-state index contributed by atoms with van der Waals surface area (Å²) in [5.41, 5.74) is 11.6. The number of rotatable bonds is 15. The van der Waals surface area contributed by atoms with Crippen LogP contribution in [0.5, 0.6) is 0 Å². The summed E-state index contributed by atoms with van der Waals surface area (Å²) in [6, 6.07) is 40.6. The van der Waals surface area contributed by atoms with E-state index in [-0.39, 0.29) is 9.79 Å². The van der Waals surface area contributed by atoms with Gasteiger partial charge in [0.15, 0.2) is 0 Å². The van der Waals surface area contributed by atoms with Gasteiger partial charge in [-0.05, 0) is 64.2 Å². The summed E-state index contributed by atoms with van der Waals surface area (Å²) in [6.07, 6.45) is 0. The van der Waals surface area contributed by atoms with E-state index in [2.05, 4.69) is 19.1 Å². The average molecular weight is 712 g/mol. The summed E-state index contributed by atoms with van der Waals surface area (Å²) in [5.74, 6) is -0.690. The van der Waals surface area contributed by atoms with Crippen molar-refractivity contribution >= 4 is 37.7 Å². The van der Waals surface area contributed by atoms with Crippen LogP contribution in [0.3, 0.4) is 0 Å². The van der Waals surface area contributed by atoms with Crippen LogP contribution in [0.1, 0.15) is 28.2 Å². The molecule has 10 nitrogen and oxygen atoms in total. The van der Waals surface area contributed by atoms with Crippen molar-refractivity contribution in [3.8, 4) is 0 Å². The minimum absolute atomic E-state index is 0.0347. The number of amides is 1.